The maximum absolute atomic E-state index is 10.9. The number of ether oxygens (including phenoxy) is 1. The molecule has 0 aromatic carbocycles. The molecule has 1 aliphatic rings. The van der Waals surface area contributed by atoms with Crippen molar-refractivity contribution in [1.29, 1.82) is 0 Å². The molecular weight excluding hydrogens is 200 g/mol. The summed E-state index contributed by atoms with van der Waals surface area (Å²) in [6.45, 7) is 4.66. The van der Waals surface area contributed by atoms with E-state index >= 15 is 0 Å². The molecule has 0 aliphatic carbocycles. The van der Waals surface area contributed by atoms with Crippen LogP contribution in [-0.4, -0.2) is 21.6 Å². The highest BCUT2D eigenvalue weighted by molar-refractivity contribution is 8.16. The van der Waals surface area contributed by atoms with E-state index in [9.17, 15) is 8.42 Å². The second-order valence-corrected chi connectivity index (χ2v) is 5.41. The Bertz CT molecular complexity index is 264. The SMILES string of the molecule is C=C(C1CCOCC1)S(=O)(=O)Cl. The number of allylic oxidation sites excluding steroid dienone is 1. The van der Waals surface area contributed by atoms with E-state index < -0.39 is 9.05 Å². The van der Waals surface area contributed by atoms with Gasteiger partial charge in [0, 0.05) is 23.9 Å². The Kier molecular flexibility index (Phi) is 3.15. The summed E-state index contributed by atoms with van der Waals surface area (Å²) in [5.74, 6) is -0.0266. The van der Waals surface area contributed by atoms with Crippen LogP contribution in [0.15, 0.2) is 11.5 Å². The fraction of sp³-hybridized carbons (Fsp3) is 0.714. The molecule has 0 aromatic rings. The third-order valence-corrected chi connectivity index (χ3v) is 3.54. The van der Waals surface area contributed by atoms with E-state index in [1.54, 1.807) is 0 Å². The van der Waals surface area contributed by atoms with Gasteiger partial charge in [-0.25, -0.2) is 8.42 Å². The van der Waals surface area contributed by atoms with Gasteiger partial charge in [-0.3, -0.25) is 0 Å². The maximum Gasteiger partial charge on any atom is 0.257 e. The van der Waals surface area contributed by atoms with Gasteiger partial charge in [-0.1, -0.05) is 6.58 Å². The summed E-state index contributed by atoms with van der Waals surface area (Å²) in [4.78, 5) is 0.132. The lowest BCUT2D eigenvalue weighted by Gasteiger charge is -2.21. The van der Waals surface area contributed by atoms with E-state index in [0.717, 1.165) is 0 Å². The van der Waals surface area contributed by atoms with E-state index in [2.05, 4.69) is 6.58 Å². The van der Waals surface area contributed by atoms with Gasteiger partial charge in [0.2, 0.25) is 0 Å². The summed E-state index contributed by atoms with van der Waals surface area (Å²) >= 11 is 0. The molecule has 1 fully saturated rings. The monoisotopic (exact) mass is 210 g/mol. The predicted octanol–water partition coefficient (Wildman–Crippen LogP) is 1.50. The minimum absolute atomic E-state index is 0.0266. The molecule has 1 heterocycles. The number of hydrogen-bond acceptors (Lipinski definition) is 3. The molecule has 0 spiro atoms. The second kappa shape index (κ2) is 3.77. The maximum atomic E-state index is 10.9. The Labute approximate surface area is 76.8 Å². The van der Waals surface area contributed by atoms with E-state index in [4.69, 9.17) is 15.4 Å². The molecule has 1 aliphatic heterocycles. The topological polar surface area (TPSA) is 43.4 Å². The summed E-state index contributed by atoms with van der Waals surface area (Å²) in [5.41, 5.74) is 0. The Hall–Kier alpha value is -0.0600. The van der Waals surface area contributed by atoms with Gasteiger partial charge < -0.3 is 4.74 Å². The van der Waals surface area contributed by atoms with Crippen molar-refractivity contribution < 1.29 is 13.2 Å². The molecule has 1 rings (SSSR count). The minimum atomic E-state index is -3.58. The lowest BCUT2D eigenvalue weighted by molar-refractivity contribution is 0.0776. The third-order valence-electron chi connectivity index (χ3n) is 1.99. The van der Waals surface area contributed by atoms with Crippen LogP contribution >= 0.6 is 10.7 Å². The number of hydrogen-bond donors (Lipinski definition) is 0. The van der Waals surface area contributed by atoms with Crippen LogP contribution in [0.2, 0.25) is 0 Å². The molecule has 12 heavy (non-hydrogen) atoms. The van der Waals surface area contributed by atoms with Crippen LogP contribution in [0.25, 0.3) is 0 Å². The highest BCUT2D eigenvalue weighted by atomic mass is 35.7. The van der Waals surface area contributed by atoms with Gasteiger partial charge in [-0.15, -0.1) is 0 Å². The average Bonchev–Trinajstić information content (AvgIpc) is 2.03. The first-order valence-corrected chi connectivity index (χ1v) is 6.04. The quantitative estimate of drug-likeness (QED) is 0.649. The normalized spacial score (nSPS) is 20.8. The number of rotatable bonds is 2. The van der Waals surface area contributed by atoms with Crippen molar-refractivity contribution in [2.24, 2.45) is 5.92 Å². The second-order valence-electron chi connectivity index (χ2n) is 2.79. The van der Waals surface area contributed by atoms with Crippen molar-refractivity contribution in [3.8, 4) is 0 Å². The zero-order valence-electron chi connectivity index (χ0n) is 6.62. The molecule has 0 amide bonds. The predicted molar refractivity (Wildman–Crippen MR) is 47.5 cm³/mol. The Morgan fingerprint density at radius 3 is 2.33 bits per heavy atom. The Morgan fingerprint density at radius 1 is 1.42 bits per heavy atom. The van der Waals surface area contributed by atoms with Crippen molar-refractivity contribution in [2.45, 2.75) is 12.8 Å². The van der Waals surface area contributed by atoms with Gasteiger partial charge in [0.05, 0.1) is 4.91 Å². The zero-order chi connectivity index (χ0) is 9.19. The van der Waals surface area contributed by atoms with Gasteiger partial charge in [0.25, 0.3) is 9.05 Å². The summed E-state index contributed by atoms with van der Waals surface area (Å²) < 4.78 is 26.8. The smallest absolute Gasteiger partial charge is 0.257 e. The molecule has 0 atom stereocenters. The van der Waals surface area contributed by atoms with Gasteiger partial charge >= 0.3 is 0 Å². The molecule has 0 radical (unpaired) electrons. The van der Waals surface area contributed by atoms with Crippen molar-refractivity contribution in [3.05, 3.63) is 11.5 Å². The fourth-order valence-electron chi connectivity index (χ4n) is 1.22. The molecule has 70 valence electrons. The summed E-state index contributed by atoms with van der Waals surface area (Å²) in [6, 6.07) is 0. The molecule has 0 unspecified atom stereocenters. The first-order valence-electron chi connectivity index (χ1n) is 3.73. The lowest BCUT2D eigenvalue weighted by atomic mass is 10.0. The van der Waals surface area contributed by atoms with Crippen LogP contribution in [0.3, 0.4) is 0 Å². The summed E-state index contributed by atoms with van der Waals surface area (Å²) in [6.07, 6.45) is 1.40. The van der Waals surface area contributed by atoms with Crippen LogP contribution < -0.4 is 0 Å². The number of halogens is 1. The first kappa shape index (κ1) is 10.0. The van der Waals surface area contributed by atoms with Gasteiger partial charge in [0.15, 0.2) is 0 Å². The molecule has 0 aromatic heterocycles. The Balaban J connectivity index is 2.64. The minimum Gasteiger partial charge on any atom is -0.381 e. The highest BCUT2D eigenvalue weighted by Gasteiger charge is 2.24. The lowest BCUT2D eigenvalue weighted by Crippen LogP contribution is -2.19. The van der Waals surface area contributed by atoms with E-state index in [0.29, 0.717) is 26.1 Å². The molecule has 0 bridgehead atoms. The largest absolute Gasteiger partial charge is 0.381 e. The van der Waals surface area contributed by atoms with Crippen LogP contribution in [0.1, 0.15) is 12.8 Å². The molecule has 5 heteroatoms. The van der Waals surface area contributed by atoms with Crippen molar-refractivity contribution in [3.63, 3.8) is 0 Å². The molecule has 0 N–H and O–H groups in total. The molecule has 0 saturated carbocycles. The van der Waals surface area contributed by atoms with Gasteiger partial charge in [-0.2, -0.15) is 0 Å². The summed E-state index contributed by atoms with van der Waals surface area (Å²) in [7, 11) is 1.57. The Morgan fingerprint density at radius 2 is 1.92 bits per heavy atom. The standard InChI is InChI=1S/C7H11ClO3S/c1-6(12(8,9)10)7-2-4-11-5-3-7/h7H,1-5H2. The molecule has 1 saturated heterocycles. The van der Waals surface area contributed by atoms with Crippen LogP contribution in [0.4, 0.5) is 0 Å². The van der Waals surface area contributed by atoms with Gasteiger partial charge in [0.1, 0.15) is 0 Å². The van der Waals surface area contributed by atoms with Crippen LogP contribution in [0, 0.1) is 5.92 Å². The zero-order valence-corrected chi connectivity index (χ0v) is 8.20. The summed E-state index contributed by atoms with van der Waals surface area (Å²) in [5, 5.41) is 0. The van der Waals surface area contributed by atoms with E-state index in [-0.39, 0.29) is 10.8 Å². The van der Waals surface area contributed by atoms with Crippen LogP contribution in [0.5, 0.6) is 0 Å². The molecule has 3 nitrogen and oxygen atoms in total. The third kappa shape index (κ3) is 2.47. The van der Waals surface area contributed by atoms with Crippen LogP contribution in [-0.2, 0) is 13.8 Å². The van der Waals surface area contributed by atoms with Gasteiger partial charge in [-0.05, 0) is 18.8 Å². The average molecular weight is 211 g/mol. The van der Waals surface area contributed by atoms with E-state index in [1.165, 1.54) is 0 Å². The fourth-order valence-corrected chi connectivity index (χ4v) is 2.23. The van der Waals surface area contributed by atoms with Crippen molar-refractivity contribution in [2.75, 3.05) is 13.2 Å². The van der Waals surface area contributed by atoms with Crippen molar-refractivity contribution in [1.82, 2.24) is 0 Å². The molecular formula is C7H11ClO3S. The first-order chi connectivity index (χ1) is 5.52. The van der Waals surface area contributed by atoms with Crippen molar-refractivity contribution >= 4 is 19.7 Å². The van der Waals surface area contributed by atoms with E-state index in [1.807, 2.05) is 0 Å². The highest BCUT2D eigenvalue weighted by Crippen LogP contribution is 2.27.